The minimum atomic E-state index is -0.120. The van der Waals surface area contributed by atoms with Crippen LogP contribution in [0.4, 0.5) is 4.39 Å². The SMILES string of the molecule is Cc1cc(C2=NCc3cc4c(cc32)CN([C@@H]2CCCN(Cc3sccc3F)C2)C(=O)C4)ccn1. The van der Waals surface area contributed by atoms with Crippen molar-refractivity contribution in [1.29, 1.82) is 0 Å². The van der Waals surface area contributed by atoms with Crippen LogP contribution in [-0.4, -0.2) is 45.5 Å². The Morgan fingerprint density at radius 3 is 2.91 bits per heavy atom. The van der Waals surface area contributed by atoms with Gasteiger partial charge in [-0.15, -0.1) is 11.3 Å². The lowest BCUT2D eigenvalue weighted by Gasteiger charge is -2.41. The number of thiophene rings is 1. The number of aryl methyl sites for hydroxylation is 1. The minimum absolute atomic E-state index is 0.120. The molecule has 0 spiro atoms. The molecule has 2 aromatic heterocycles. The van der Waals surface area contributed by atoms with Crippen molar-refractivity contribution < 1.29 is 9.18 Å². The number of carbonyl (C=O) groups is 1. The number of carbonyl (C=O) groups excluding carboxylic acids is 1. The molecule has 1 atom stereocenters. The molecule has 1 aromatic carbocycles. The third-order valence-electron chi connectivity index (χ3n) is 7.24. The van der Waals surface area contributed by atoms with Crippen LogP contribution < -0.4 is 0 Å². The fourth-order valence-electron chi connectivity index (χ4n) is 5.53. The molecule has 6 rings (SSSR count). The van der Waals surface area contributed by atoms with Crippen LogP contribution >= 0.6 is 11.3 Å². The molecule has 174 valence electrons. The predicted molar refractivity (Wildman–Crippen MR) is 132 cm³/mol. The fraction of sp³-hybridized carbons (Fsp3) is 0.370. The molecule has 0 unspecified atom stereocenters. The van der Waals surface area contributed by atoms with Gasteiger partial charge in [0.05, 0.1) is 23.6 Å². The Kier molecular flexibility index (Phi) is 5.54. The number of amides is 1. The molecule has 0 aliphatic carbocycles. The van der Waals surface area contributed by atoms with E-state index in [1.54, 1.807) is 5.38 Å². The second-order valence-corrected chi connectivity index (χ2v) is 10.6. The van der Waals surface area contributed by atoms with Crippen LogP contribution in [0.5, 0.6) is 0 Å². The predicted octanol–water partition coefficient (Wildman–Crippen LogP) is 4.49. The molecule has 34 heavy (non-hydrogen) atoms. The van der Waals surface area contributed by atoms with E-state index in [2.05, 4.69) is 33.0 Å². The van der Waals surface area contributed by atoms with Crippen molar-refractivity contribution in [2.75, 3.05) is 13.1 Å². The van der Waals surface area contributed by atoms with Gasteiger partial charge >= 0.3 is 0 Å². The molecule has 5 nitrogen and oxygen atoms in total. The van der Waals surface area contributed by atoms with Crippen LogP contribution in [0.1, 0.15) is 51.2 Å². The lowest BCUT2D eigenvalue weighted by atomic mass is 9.90. The van der Waals surface area contributed by atoms with Crippen LogP contribution in [-0.2, 0) is 30.8 Å². The first-order valence-corrected chi connectivity index (χ1v) is 12.8. The van der Waals surface area contributed by atoms with Crippen LogP contribution in [0, 0.1) is 12.7 Å². The molecule has 3 aliphatic heterocycles. The number of halogens is 1. The lowest BCUT2D eigenvalue weighted by Crippen LogP contribution is -2.51. The second-order valence-electron chi connectivity index (χ2n) is 9.55. The lowest BCUT2D eigenvalue weighted by molar-refractivity contribution is -0.135. The van der Waals surface area contributed by atoms with Crippen LogP contribution in [0.25, 0.3) is 0 Å². The van der Waals surface area contributed by atoms with Gasteiger partial charge in [-0.1, -0.05) is 6.07 Å². The maximum Gasteiger partial charge on any atom is 0.227 e. The van der Waals surface area contributed by atoms with Crippen molar-refractivity contribution in [2.24, 2.45) is 4.99 Å². The van der Waals surface area contributed by atoms with Gasteiger partial charge in [0.15, 0.2) is 0 Å². The maximum atomic E-state index is 14.0. The van der Waals surface area contributed by atoms with Crippen LogP contribution in [0.2, 0.25) is 0 Å². The van der Waals surface area contributed by atoms with Crippen LogP contribution in [0.15, 0.2) is 46.9 Å². The summed E-state index contributed by atoms with van der Waals surface area (Å²) >= 11 is 1.47. The molecule has 3 aromatic rings. The molecular weight excluding hydrogens is 447 g/mol. The summed E-state index contributed by atoms with van der Waals surface area (Å²) in [5, 5.41) is 1.81. The summed E-state index contributed by atoms with van der Waals surface area (Å²) in [5.41, 5.74) is 7.83. The van der Waals surface area contributed by atoms with E-state index in [9.17, 15) is 9.18 Å². The number of piperidine rings is 1. The van der Waals surface area contributed by atoms with Crippen molar-refractivity contribution in [2.45, 2.75) is 51.9 Å². The normalized spacial score (nSPS) is 20.3. The van der Waals surface area contributed by atoms with Gasteiger partial charge in [-0.3, -0.25) is 19.7 Å². The molecular formula is C27H27FN4OS. The third-order valence-corrected chi connectivity index (χ3v) is 8.12. The standard InChI is InChI=1S/C27H27FN4OS/c1-17-9-18(4-6-29-17)27-23-11-21-14-32(26(33)12-19(21)10-20(23)13-30-27)22-3-2-7-31(15-22)16-25-24(28)5-8-34-25/h4-6,8-11,22H,2-3,7,12-16H2,1H3/t22-/m1/s1. The summed E-state index contributed by atoms with van der Waals surface area (Å²) in [6.45, 7) is 5.66. The van der Waals surface area contributed by atoms with Gasteiger partial charge < -0.3 is 4.90 Å². The average molecular weight is 475 g/mol. The number of aromatic nitrogens is 1. The van der Waals surface area contributed by atoms with Crippen molar-refractivity contribution in [3.05, 3.63) is 86.1 Å². The fourth-order valence-corrected chi connectivity index (χ4v) is 6.32. The number of rotatable bonds is 4. The monoisotopic (exact) mass is 474 g/mol. The summed E-state index contributed by atoms with van der Waals surface area (Å²) in [6.07, 6.45) is 4.30. The van der Waals surface area contributed by atoms with E-state index in [1.807, 2.05) is 19.2 Å². The molecule has 0 radical (unpaired) electrons. The van der Waals surface area contributed by atoms with E-state index in [0.717, 1.165) is 53.3 Å². The molecule has 0 saturated carbocycles. The quantitative estimate of drug-likeness (QED) is 0.560. The number of pyridine rings is 1. The number of aliphatic imine (C=N–C) groups is 1. The van der Waals surface area contributed by atoms with E-state index in [1.165, 1.54) is 34.1 Å². The van der Waals surface area contributed by atoms with E-state index < -0.39 is 0 Å². The van der Waals surface area contributed by atoms with E-state index in [0.29, 0.717) is 26.1 Å². The summed E-state index contributed by atoms with van der Waals surface area (Å²) < 4.78 is 14.0. The second kappa shape index (κ2) is 8.71. The first-order chi connectivity index (χ1) is 16.5. The highest BCUT2D eigenvalue weighted by Crippen LogP contribution is 2.32. The Labute approximate surface area is 203 Å². The molecule has 7 heteroatoms. The first-order valence-electron chi connectivity index (χ1n) is 11.9. The molecule has 0 bridgehead atoms. The Hall–Kier alpha value is -2.90. The highest BCUT2D eigenvalue weighted by Gasteiger charge is 2.33. The highest BCUT2D eigenvalue weighted by molar-refractivity contribution is 7.09. The minimum Gasteiger partial charge on any atom is -0.334 e. The largest absolute Gasteiger partial charge is 0.334 e. The zero-order valence-corrected chi connectivity index (χ0v) is 20.1. The molecule has 1 saturated heterocycles. The molecule has 3 aliphatic rings. The summed E-state index contributed by atoms with van der Waals surface area (Å²) in [4.78, 5) is 27.5. The van der Waals surface area contributed by atoms with Gasteiger partial charge in [0.25, 0.3) is 0 Å². The zero-order valence-electron chi connectivity index (χ0n) is 19.3. The average Bonchev–Trinajstić information content (AvgIpc) is 3.43. The number of hydrogen-bond acceptors (Lipinski definition) is 5. The molecule has 1 amide bonds. The van der Waals surface area contributed by atoms with Crippen LogP contribution in [0.3, 0.4) is 0 Å². The topological polar surface area (TPSA) is 48.8 Å². The van der Waals surface area contributed by atoms with E-state index in [4.69, 9.17) is 4.99 Å². The zero-order chi connectivity index (χ0) is 23.2. The van der Waals surface area contributed by atoms with Crippen molar-refractivity contribution >= 4 is 23.0 Å². The van der Waals surface area contributed by atoms with E-state index >= 15 is 0 Å². The molecule has 0 N–H and O–H groups in total. The van der Waals surface area contributed by atoms with Gasteiger partial charge in [0.2, 0.25) is 5.91 Å². The Morgan fingerprint density at radius 2 is 2.09 bits per heavy atom. The van der Waals surface area contributed by atoms with Gasteiger partial charge in [-0.25, -0.2) is 4.39 Å². The number of fused-ring (bicyclic) bond motifs is 2. The van der Waals surface area contributed by atoms with Gasteiger partial charge in [-0.05, 0) is 72.6 Å². The molecule has 5 heterocycles. The molecule has 1 fully saturated rings. The van der Waals surface area contributed by atoms with Gasteiger partial charge in [0.1, 0.15) is 5.82 Å². The summed E-state index contributed by atoms with van der Waals surface area (Å²) in [5.74, 6) is 0.0799. The number of likely N-dealkylation sites (tertiary alicyclic amines) is 1. The highest BCUT2D eigenvalue weighted by atomic mass is 32.1. The summed E-state index contributed by atoms with van der Waals surface area (Å²) in [6, 6.07) is 10.3. The van der Waals surface area contributed by atoms with E-state index in [-0.39, 0.29) is 17.8 Å². The Bertz CT molecular complexity index is 1300. The number of hydrogen-bond donors (Lipinski definition) is 0. The third kappa shape index (κ3) is 3.97. The Morgan fingerprint density at radius 1 is 1.18 bits per heavy atom. The summed E-state index contributed by atoms with van der Waals surface area (Å²) in [7, 11) is 0. The Balaban J connectivity index is 1.23. The van der Waals surface area contributed by atoms with Gasteiger partial charge in [0, 0.05) is 48.7 Å². The maximum absolute atomic E-state index is 14.0. The van der Waals surface area contributed by atoms with Crippen molar-refractivity contribution in [3.8, 4) is 0 Å². The van der Waals surface area contributed by atoms with Gasteiger partial charge in [-0.2, -0.15) is 0 Å². The number of nitrogens with zero attached hydrogens (tertiary/aromatic N) is 4. The van der Waals surface area contributed by atoms with Crippen molar-refractivity contribution in [3.63, 3.8) is 0 Å². The number of benzene rings is 1. The smallest absolute Gasteiger partial charge is 0.227 e. The van der Waals surface area contributed by atoms with Crippen molar-refractivity contribution in [1.82, 2.24) is 14.8 Å². The first kappa shape index (κ1) is 21.6.